The fourth-order valence-corrected chi connectivity index (χ4v) is 12.9. The van der Waals surface area contributed by atoms with Gasteiger partial charge in [-0.15, -0.1) is 11.8 Å². The van der Waals surface area contributed by atoms with Crippen LogP contribution in [-0.2, 0) is 79.7 Å². The summed E-state index contributed by atoms with van der Waals surface area (Å²) in [6.07, 6.45) is 0.559. The van der Waals surface area contributed by atoms with Gasteiger partial charge in [-0.05, 0) is 75.1 Å². The molecule has 25 heteroatoms. The largest absolute Gasteiger partial charge is 0.495 e. The Hall–Kier alpha value is -7.63. The first-order valence-corrected chi connectivity index (χ1v) is 32.1. The number of hydrogen-bond donors (Lipinski definition) is 3. The number of alkyl carbamates (subject to hydrolysis) is 1. The number of likely N-dealkylation sites (N-methyl/N-ethyl adjacent to an activating group) is 1. The van der Waals surface area contributed by atoms with Crippen LogP contribution in [-0.4, -0.2) is 189 Å². The zero-order valence-electron chi connectivity index (χ0n) is 53.1. The molecule has 0 aromatic heterocycles. The maximum atomic E-state index is 14.4. The third-order valence-corrected chi connectivity index (χ3v) is 18.8. The minimum atomic E-state index is -1.90. The van der Waals surface area contributed by atoms with Crippen LogP contribution in [0.3, 0.4) is 0 Å². The molecule has 2 unspecified atom stereocenters. The molecular weight excluding hydrogens is 1230 g/mol. The molecule has 9 atom stereocenters. The van der Waals surface area contributed by atoms with Gasteiger partial charge >= 0.3 is 12.1 Å². The van der Waals surface area contributed by atoms with Crippen molar-refractivity contribution in [2.75, 3.05) is 83.4 Å². The van der Waals surface area contributed by atoms with Crippen molar-refractivity contribution in [3.8, 4) is 17.6 Å². The second-order valence-electron chi connectivity index (χ2n) is 23.7. The van der Waals surface area contributed by atoms with Crippen molar-refractivity contribution >= 4 is 88.0 Å². The first-order valence-electron chi connectivity index (χ1n) is 30.7. The van der Waals surface area contributed by atoms with Gasteiger partial charge in [0.25, 0.3) is 0 Å². The number of rotatable bonds is 24. The highest BCUT2D eigenvalue weighted by Crippen LogP contribution is 2.49. The number of amides is 7. The Kier molecular flexibility index (Phi) is 24.3. The number of nitrogens with one attached hydrogen (secondary N) is 2. The SMILES string of the molecule is COc1cc2cc(c1Cl)N(C)C(=O)CC(OC(=O)[C@@H](C)N(C)C(=O)CCSC1CC(=O)N(CCC(=O)CCCOCCOCC(=O)NCCC(=O)N3Cc4ccccc4C#Cc4ccccc43)C1=O)[C@@]1(C)O[C@@H]1[C@@H](C)[C@H]1C[C@](O)(NC(=O)O1)[C@@H](OC)/C=C/C=C(\C)C2. The number of anilines is 2. The number of benzene rings is 3. The number of carbonyl (C=O) groups excluding carboxylic acids is 9. The van der Waals surface area contributed by atoms with Crippen molar-refractivity contribution in [2.24, 2.45) is 5.92 Å². The predicted molar refractivity (Wildman–Crippen MR) is 341 cm³/mol. The van der Waals surface area contributed by atoms with E-state index in [1.807, 2.05) is 61.5 Å². The molecule has 7 amide bonds. The van der Waals surface area contributed by atoms with Crippen LogP contribution >= 0.6 is 23.4 Å². The average molecular weight is 1310 g/mol. The van der Waals surface area contributed by atoms with Gasteiger partial charge in [0.2, 0.25) is 35.4 Å². The number of Topliss-reactive ketones (excluding diaryl/α,β-unsaturated/α-hetero) is 1. The molecule has 0 aliphatic carbocycles. The molecule has 3 aromatic carbocycles. The molecule has 0 spiro atoms. The molecule has 0 saturated carbocycles. The van der Waals surface area contributed by atoms with Crippen LogP contribution in [0.1, 0.15) is 101 Å². The zero-order chi connectivity index (χ0) is 66.4. The number of halogens is 1. The van der Waals surface area contributed by atoms with Crippen LogP contribution in [0.4, 0.5) is 16.2 Å². The van der Waals surface area contributed by atoms with Crippen LogP contribution in [0, 0.1) is 17.8 Å². The summed E-state index contributed by atoms with van der Waals surface area (Å²) in [6.45, 7) is 7.48. The molecule has 3 fully saturated rings. The molecule has 3 saturated heterocycles. The van der Waals surface area contributed by atoms with Gasteiger partial charge in [-0.3, -0.25) is 43.8 Å². The number of para-hydroxylation sites is 1. The normalized spacial score (nSPS) is 24.9. The number of imide groups is 1. The van der Waals surface area contributed by atoms with Gasteiger partial charge in [0, 0.05) is 102 Å². The predicted octanol–water partition coefficient (Wildman–Crippen LogP) is 5.99. The maximum Gasteiger partial charge on any atom is 0.409 e. The van der Waals surface area contributed by atoms with Crippen molar-refractivity contribution < 1.29 is 81.4 Å². The number of ether oxygens (including phenoxy) is 7. The highest BCUT2D eigenvalue weighted by Gasteiger charge is 2.64. The van der Waals surface area contributed by atoms with E-state index >= 15 is 0 Å². The van der Waals surface area contributed by atoms with E-state index in [1.165, 1.54) is 45.0 Å². The lowest BCUT2D eigenvalue weighted by Gasteiger charge is -2.42. The third kappa shape index (κ3) is 17.5. The molecule has 3 N–H and O–H groups in total. The van der Waals surface area contributed by atoms with Gasteiger partial charge in [-0.25, -0.2) is 9.59 Å². The summed E-state index contributed by atoms with van der Waals surface area (Å²) >= 11 is 7.96. The Morgan fingerprint density at radius 3 is 2.42 bits per heavy atom. The fraction of sp³-hybridized carbons (Fsp3) is 0.507. The molecular formula is C67H81ClN6O17S. The van der Waals surface area contributed by atoms with Gasteiger partial charge in [0.15, 0.2) is 5.72 Å². The maximum absolute atomic E-state index is 14.4. The van der Waals surface area contributed by atoms with Gasteiger partial charge in [0.05, 0.1) is 56.0 Å². The van der Waals surface area contributed by atoms with E-state index in [9.17, 15) is 48.3 Å². The molecule has 0 radical (unpaired) electrons. The van der Waals surface area contributed by atoms with Gasteiger partial charge in [0.1, 0.15) is 53.1 Å². The van der Waals surface area contributed by atoms with E-state index in [4.69, 9.17) is 44.8 Å². The smallest absolute Gasteiger partial charge is 0.409 e. The molecule has 4 bridgehead atoms. The molecule has 23 nitrogen and oxygen atoms in total. The van der Waals surface area contributed by atoms with Gasteiger partial charge < -0.3 is 58.3 Å². The summed E-state index contributed by atoms with van der Waals surface area (Å²) in [7, 11) is 5.82. The second-order valence-corrected chi connectivity index (χ2v) is 25.4. The standard InChI is InChI=1S/C67H81ClN6O17S/c1-41-15-13-21-54(86-8)67(84)38-52(89-65(83)70-67)42(2)62-66(4,91-62)55(37-59(79)72(6)50-34-44(33-41)35-51(85-7)61(50)68)90-64(82)43(3)71(5)57(77)26-32-92-53-36-60(80)73(63(53)81)28-25-48(75)19-14-29-87-30-31-88-40-56(76)69-27-24-58(78)74-39-47-18-10-9-16-45(47)22-23-46-17-11-12-20-49(46)74/h9-13,15-18,20-21,34-35,42-43,52-55,62,84H,14,19,24-33,36-40H2,1-8H3,(H,69,76)(H,70,83)/b21-13+,41-15+/t42-,43+,52+,53?,54-,55?,62+,66+,67+/m0/s1. The summed E-state index contributed by atoms with van der Waals surface area (Å²) < 4.78 is 40.5. The summed E-state index contributed by atoms with van der Waals surface area (Å²) in [5.74, 6) is 2.77. The quantitative estimate of drug-likeness (QED) is 0.0305. The highest BCUT2D eigenvalue weighted by molar-refractivity contribution is 8.00. The number of ketones is 1. The number of carbonyl (C=O) groups is 9. The molecule has 8 rings (SSSR count). The van der Waals surface area contributed by atoms with E-state index in [0.29, 0.717) is 36.5 Å². The number of nitrogens with zero attached hydrogens (tertiary/aromatic N) is 4. The summed E-state index contributed by atoms with van der Waals surface area (Å²) in [6, 6.07) is 17.5. The second kappa shape index (κ2) is 31.8. The molecule has 5 heterocycles. The molecule has 3 aromatic rings. The average Bonchev–Trinajstić information content (AvgIpc) is 1.57. The molecule has 494 valence electrons. The van der Waals surface area contributed by atoms with E-state index in [0.717, 1.165) is 44.5 Å². The lowest BCUT2D eigenvalue weighted by Crippen LogP contribution is -2.63. The number of methoxy groups -OCH3 is 2. The Labute approximate surface area is 545 Å². The first-order chi connectivity index (χ1) is 43.9. The van der Waals surface area contributed by atoms with Gasteiger partial charge in [-0.2, -0.15) is 0 Å². The Morgan fingerprint density at radius 2 is 1.66 bits per heavy atom. The Balaban J connectivity index is 0.751. The number of epoxide rings is 1. The zero-order valence-corrected chi connectivity index (χ0v) is 54.7. The fourth-order valence-electron chi connectivity index (χ4n) is 11.5. The number of thioether (sulfide) groups is 1. The number of fused-ring (bicyclic) bond motifs is 7. The van der Waals surface area contributed by atoms with Gasteiger partial charge in [-0.1, -0.05) is 84.5 Å². The number of likely N-dealkylation sites (tertiary alicyclic amines) is 1. The van der Waals surface area contributed by atoms with Crippen LogP contribution in [0.15, 0.2) is 84.5 Å². The minimum absolute atomic E-state index is 0.0406. The van der Waals surface area contributed by atoms with Crippen LogP contribution in [0.25, 0.3) is 0 Å². The highest BCUT2D eigenvalue weighted by atomic mass is 35.5. The topological polar surface area (TPSA) is 279 Å². The Morgan fingerprint density at radius 1 is 0.935 bits per heavy atom. The third-order valence-electron chi connectivity index (χ3n) is 17.2. The molecule has 5 aliphatic heterocycles. The monoisotopic (exact) mass is 1310 g/mol. The summed E-state index contributed by atoms with van der Waals surface area (Å²) in [5, 5.41) is 16.5. The van der Waals surface area contributed by atoms with Crippen molar-refractivity contribution in [3.63, 3.8) is 0 Å². The van der Waals surface area contributed by atoms with E-state index < -0.39 is 95.1 Å². The number of hydrogen-bond acceptors (Lipinski definition) is 18. The first kappa shape index (κ1) is 70.2. The lowest BCUT2D eigenvalue weighted by atomic mass is 9.83. The lowest BCUT2D eigenvalue weighted by molar-refractivity contribution is -0.162. The minimum Gasteiger partial charge on any atom is -0.495 e. The van der Waals surface area contributed by atoms with Crippen molar-refractivity contribution in [1.29, 1.82) is 0 Å². The van der Waals surface area contributed by atoms with E-state index in [-0.39, 0.29) is 106 Å². The molecule has 92 heavy (non-hydrogen) atoms. The van der Waals surface area contributed by atoms with Crippen molar-refractivity contribution in [3.05, 3.63) is 112 Å². The van der Waals surface area contributed by atoms with E-state index in [1.54, 1.807) is 43.0 Å². The van der Waals surface area contributed by atoms with Crippen LogP contribution < -0.4 is 25.2 Å². The summed E-state index contributed by atoms with van der Waals surface area (Å²) in [4.78, 5) is 126. The number of aliphatic hydroxyl groups is 1. The summed E-state index contributed by atoms with van der Waals surface area (Å²) in [5.41, 5.74) is 1.97. The van der Waals surface area contributed by atoms with Crippen molar-refractivity contribution in [2.45, 2.75) is 139 Å². The Bertz CT molecular complexity index is 3410. The van der Waals surface area contributed by atoms with Crippen LogP contribution in [0.5, 0.6) is 5.75 Å². The number of esters is 1. The van der Waals surface area contributed by atoms with Crippen molar-refractivity contribution in [1.82, 2.24) is 20.4 Å². The van der Waals surface area contributed by atoms with E-state index in [2.05, 4.69) is 22.5 Å². The number of allylic oxidation sites excluding steroid dienone is 3. The van der Waals surface area contributed by atoms with Crippen LogP contribution in [0.2, 0.25) is 5.02 Å². The molecule has 5 aliphatic rings.